The van der Waals surface area contributed by atoms with Crippen molar-refractivity contribution >= 4 is 0 Å². The van der Waals surface area contributed by atoms with Gasteiger partial charge in [-0.1, -0.05) is 36.4 Å². The smallest absolute Gasteiger partial charge is 0.139 e. The molecule has 104 valence electrons. The molecule has 0 radical (unpaired) electrons. The molecule has 1 atom stereocenters. The zero-order valence-electron chi connectivity index (χ0n) is 11.3. The van der Waals surface area contributed by atoms with E-state index in [0.717, 1.165) is 27.7 Å². The first-order chi connectivity index (χ1) is 9.78. The summed E-state index contributed by atoms with van der Waals surface area (Å²) in [6.45, 7) is 0.636. The molecule has 3 rings (SSSR count). The van der Waals surface area contributed by atoms with Gasteiger partial charge >= 0.3 is 0 Å². The highest BCUT2D eigenvalue weighted by Crippen LogP contribution is 2.34. The summed E-state index contributed by atoms with van der Waals surface area (Å²) in [6.07, 6.45) is -0.327. The molecule has 0 aromatic heterocycles. The van der Waals surface area contributed by atoms with Crippen molar-refractivity contribution in [3.05, 3.63) is 64.9 Å². The number of fused-ring (bicyclic) bond motifs is 1. The van der Waals surface area contributed by atoms with E-state index in [0.29, 0.717) is 6.54 Å². The Hall–Kier alpha value is -2.04. The maximum absolute atomic E-state index is 12.0. The van der Waals surface area contributed by atoms with Crippen molar-refractivity contribution < 1.29 is 9.47 Å². The van der Waals surface area contributed by atoms with Crippen LogP contribution in [0.4, 0.5) is 0 Å². The molecule has 0 amide bonds. The van der Waals surface area contributed by atoms with Crippen molar-refractivity contribution in [2.45, 2.75) is 12.6 Å². The van der Waals surface area contributed by atoms with Gasteiger partial charge in [-0.2, -0.15) is 0 Å². The summed E-state index contributed by atoms with van der Waals surface area (Å²) in [5, 5.41) is 13.1. The Labute approximate surface area is 118 Å². The van der Waals surface area contributed by atoms with Crippen molar-refractivity contribution in [1.29, 1.82) is 0 Å². The van der Waals surface area contributed by atoms with E-state index in [9.17, 15) is 5.21 Å². The number of rotatable bonds is 2. The molecular formula is C16H16NO3-. The fourth-order valence-electron chi connectivity index (χ4n) is 2.47. The van der Waals surface area contributed by atoms with Gasteiger partial charge in [-0.05, 0) is 12.1 Å². The van der Waals surface area contributed by atoms with Gasteiger partial charge in [-0.15, -0.1) is 0 Å². The predicted molar refractivity (Wildman–Crippen MR) is 76.6 cm³/mol. The lowest BCUT2D eigenvalue weighted by molar-refractivity contribution is 0.171. The van der Waals surface area contributed by atoms with E-state index in [1.807, 2.05) is 48.5 Å². The van der Waals surface area contributed by atoms with E-state index in [1.54, 1.807) is 7.11 Å². The molecule has 0 N–H and O–H groups in total. The maximum atomic E-state index is 12.0. The number of hydroxylamine groups is 2. The molecule has 0 bridgehead atoms. The van der Waals surface area contributed by atoms with E-state index in [1.165, 1.54) is 0 Å². The molecule has 1 aliphatic heterocycles. The van der Waals surface area contributed by atoms with Crippen LogP contribution in [0, 0.1) is 5.21 Å². The molecule has 0 fully saturated rings. The van der Waals surface area contributed by atoms with Crippen molar-refractivity contribution in [2.24, 2.45) is 0 Å². The van der Waals surface area contributed by atoms with E-state index in [-0.39, 0.29) is 12.6 Å². The van der Waals surface area contributed by atoms with Crippen LogP contribution in [0.15, 0.2) is 48.5 Å². The second-order valence-electron chi connectivity index (χ2n) is 4.78. The van der Waals surface area contributed by atoms with E-state index in [2.05, 4.69) is 0 Å². The molecular weight excluding hydrogens is 254 g/mol. The van der Waals surface area contributed by atoms with Crippen LogP contribution in [0.2, 0.25) is 0 Å². The van der Waals surface area contributed by atoms with Crippen LogP contribution in [-0.4, -0.2) is 18.7 Å². The van der Waals surface area contributed by atoms with Gasteiger partial charge in [0.1, 0.15) is 17.6 Å². The van der Waals surface area contributed by atoms with Crippen molar-refractivity contribution in [3.8, 4) is 11.5 Å². The molecule has 4 heteroatoms. The molecule has 4 nitrogen and oxygen atoms in total. The second-order valence-corrected chi connectivity index (χ2v) is 4.78. The Balaban J connectivity index is 1.98. The number of benzene rings is 2. The van der Waals surface area contributed by atoms with Crippen molar-refractivity contribution in [3.63, 3.8) is 0 Å². The standard InChI is InChI=1S/C16H16NO3/c1-19-15-9-5-3-7-13(15)16-11-17(18)10-12-6-2-4-8-14(12)20-16/h2-9,16H,10-11H2,1H3/q-1. The van der Waals surface area contributed by atoms with Crippen LogP contribution in [-0.2, 0) is 6.54 Å². The van der Waals surface area contributed by atoms with Gasteiger partial charge in [-0.3, -0.25) is 0 Å². The number of nitrogens with zero attached hydrogens (tertiary/aromatic N) is 1. The zero-order valence-corrected chi connectivity index (χ0v) is 11.3. The van der Waals surface area contributed by atoms with E-state index < -0.39 is 0 Å². The van der Waals surface area contributed by atoms with Gasteiger partial charge in [0.05, 0.1) is 7.11 Å². The topological polar surface area (TPSA) is 44.8 Å². The summed E-state index contributed by atoms with van der Waals surface area (Å²) in [6, 6.07) is 15.3. The summed E-state index contributed by atoms with van der Waals surface area (Å²) in [4.78, 5) is 0. The van der Waals surface area contributed by atoms with Crippen LogP contribution in [0.3, 0.4) is 0 Å². The Bertz CT molecular complexity index is 600. The Kier molecular flexibility index (Phi) is 3.58. The number of ether oxygens (including phenoxy) is 2. The van der Waals surface area contributed by atoms with Crippen LogP contribution >= 0.6 is 0 Å². The Morgan fingerprint density at radius 1 is 1.15 bits per heavy atom. The lowest BCUT2D eigenvalue weighted by Crippen LogP contribution is -2.23. The zero-order chi connectivity index (χ0) is 13.9. The number of para-hydroxylation sites is 2. The van der Waals surface area contributed by atoms with Crippen LogP contribution < -0.4 is 9.47 Å². The summed E-state index contributed by atoms with van der Waals surface area (Å²) >= 11 is 0. The maximum Gasteiger partial charge on any atom is 0.139 e. The van der Waals surface area contributed by atoms with Gasteiger partial charge in [0.15, 0.2) is 0 Å². The van der Waals surface area contributed by atoms with Crippen LogP contribution in [0.25, 0.3) is 0 Å². The third kappa shape index (κ3) is 2.48. The highest BCUT2D eigenvalue weighted by molar-refractivity contribution is 5.39. The molecule has 0 spiro atoms. The average Bonchev–Trinajstić information content (AvgIpc) is 2.65. The van der Waals surface area contributed by atoms with Crippen molar-refractivity contribution in [2.75, 3.05) is 13.7 Å². The van der Waals surface area contributed by atoms with Gasteiger partial charge in [-0.25, -0.2) is 0 Å². The van der Waals surface area contributed by atoms with Gasteiger partial charge < -0.3 is 19.7 Å². The summed E-state index contributed by atoms with van der Waals surface area (Å²) < 4.78 is 11.4. The number of hydrogen-bond acceptors (Lipinski definition) is 4. The summed E-state index contributed by atoms with van der Waals surface area (Å²) in [5.74, 6) is 1.51. The molecule has 1 unspecified atom stereocenters. The normalized spacial score (nSPS) is 18.8. The fourth-order valence-corrected chi connectivity index (χ4v) is 2.47. The molecule has 0 saturated carbocycles. The third-order valence-corrected chi connectivity index (χ3v) is 3.44. The summed E-state index contributed by atoms with van der Waals surface area (Å²) in [5.41, 5.74) is 1.81. The SMILES string of the molecule is COc1ccccc1C1CN([O-])Cc2ccccc2O1. The lowest BCUT2D eigenvalue weighted by Gasteiger charge is -2.29. The third-order valence-electron chi connectivity index (χ3n) is 3.44. The first kappa shape index (κ1) is 13.0. The Morgan fingerprint density at radius 2 is 1.90 bits per heavy atom. The molecule has 0 saturated heterocycles. The van der Waals surface area contributed by atoms with Crippen molar-refractivity contribution in [1.82, 2.24) is 5.06 Å². The van der Waals surface area contributed by atoms with Gasteiger partial charge in [0.2, 0.25) is 0 Å². The second kappa shape index (κ2) is 5.53. The minimum Gasteiger partial charge on any atom is -0.785 e. The van der Waals surface area contributed by atoms with Crippen LogP contribution in [0.1, 0.15) is 17.2 Å². The largest absolute Gasteiger partial charge is 0.785 e. The van der Waals surface area contributed by atoms with E-state index in [4.69, 9.17) is 9.47 Å². The lowest BCUT2D eigenvalue weighted by atomic mass is 10.1. The highest BCUT2D eigenvalue weighted by atomic mass is 16.5. The minimum absolute atomic E-state index is 0.287. The number of hydrogen-bond donors (Lipinski definition) is 0. The quantitative estimate of drug-likeness (QED) is 0.841. The molecule has 0 aliphatic carbocycles. The first-order valence-electron chi connectivity index (χ1n) is 6.57. The van der Waals surface area contributed by atoms with Gasteiger partial charge in [0, 0.05) is 24.2 Å². The van der Waals surface area contributed by atoms with Gasteiger partial charge in [0.25, 0.3) is 0 Å². The molecule has 1 heterocycles. The number of methoxy groups -OCH3 is 1. The van der Waals surface area contributed by atoms with Crippen LogP contribution in [0.5, 0.6) is 11.5 Å². The first-order valence-corrected chi connectivity index (χ1v) is 6.57. The monoisotopic (exact) mass is 270 g/mol. The van der Waals surface area contributed by atoms with E-state index >= 15 is 0 Å². The minimum atomic E-state index is -0.327. The molecule has 1 aliphatic rings. The molecule has 2 aromatic carbocycles. The highest BCUT2D eigenvalue weighted by Gasteiger charge is 2.22. The predicted octanol–water partition coefficient (Wildman–Crippen LogP) is 3.13. The summed E-state index contributed by atoms with van der Waals surface area (Å²) in [7, 11) is 1.62. The molecule has 2 aromatic rings. The average molecular weight is 270 g/mol. The fraction of sp³-hybridized carbons (Fsp3) is 0.250. The Morgan fingerprint density at radius 3 is 2.75 bits per heavy atom. The molecule has 20 heavy (non-hydrogen) atoms.